The number of rotatable bonds is 9. The van der Waals surface area contributed by atoms with Gasteiger partial charge in [-0.3, -0.25) is 9.59 Å². The highest BCUT2D eigenvalue weighted by Gasteiger charge is 2.32. The van der Waals surface area contributed by atoms with Crippen molar-refractivity contribution in [1.29, 1.82) is 0 Å². The Morgan fingerprint density at radius 1 is 0.865 bits per heavy atom. The minimum absolute atomic E-state index is 0.0452. The molecule has 1 saturated carbocycles. The fourth-order valence-electron chi connectivity index (χ4n) is 4.81. The second-order valence-electron chi connectivity index (χ2n) is 9.62. The lowest BCUT2D eigenvalue weighted by Gasteiger charge is -2.33. The largest absolute Gasteiger partial charge is 0.352 e. The lowest BCUT2D eigenvalue weighted by molar-refractivity contribution is -0.141. The minimum atomic E-state index is -0.730. The van der Waals surface area contributed by atoms with Crippen molar-refractivity contribution in [2.75, 3.05) is 0 Å². The van der Waals surface area contributed by atoms with Crippen LogP contribution < -0.4 is 5.32 Å². The summed E-state index contributed by atoms with van der Waals surface area (Å²) in [5, 5.41) is 4.03. The summed E-state index contributed by atoms with van der Waals surface area (Å²) in [4.78, 5) is 29.2. The molecule has 0 unspecified atom stereocenters. The van der Waals surface area contributed by atoms with E-state index >= 15 is 0 Å². The predicted molar refractivity (Wildman–Crippen MR) is 146 cm³/mol. The van der Waals surface area contributed by atoms with Crippen LogP contribution in [-0.2, 0) is 29.0 Å². The number of nitrogens with one attached hydrogen (secondary N) is 1. The van der Waals surface area contributed by atoms with E-state index in [1.54, 1.807) is 29.2 Å². The molecule has 1 aliphatic rings. The first-order valence-corrected chi connectivity index (χ1v) is 13.5. The Bertz CT molecular complexity index is 1200. The van der Waals surface area contributed by atoms with E-state index in [2.05, 4.69) is 5.32 Å². The van der Waals surface area contributed by atoms with Gasteiger partial charge in [-0.05, 0) is 53.8 Å². The lowest BCUT2D eigenvalue weighted by atomic mass is 9.94. The van der Waals surface area contributed by atoms with Crippen LogP contribution in [0, 0.1) is 5.82 Å². The van der Waals surface area contributed by atoms with Gasteiger partial charge in [-0.1, -0.05) is 91.0 Å². The van der Waals surface area contributed by atoms with Crippen molar-refractivity contribution in [3.8, 4) is 0 Å². The van der Waals surface area contributed by atoms with Crippen molar-refractivity contribution < 1.29 is 14.0 Å². The van der Waals surface area contributed by atoms with Gasteiger partial charge in [-0.15, -0.1) is 0 Å². The van der Waals surface area contributed by atoms with Crippen molar-refractivity contribution in [2.24, 2.45) is 0 Å². The first kappa shape index (κ1) is 27.2. The first-order valence-electron chi connectivity index (χ1n) is 12.7. The molecule has 1 N–H and O–H groups in total. The van der Waals surface area contributed by atoms with Gasteiger partial charge >= 0.3 is 0 Å². The van der Waals surface area contributed by atoms with E-state index in [-0.39, 0.29) is 36.6 Å². The molecule has 4 rings (SSSR count). The highest BCUT2D eigenvalue weighted by atomic mass is 35.5. The average Bonchev–Trinajstić information content (AvgIpc) is 2.90. The van der Waals surface area contributed by atoms with Crippen LogP contribution in [0.4, 0.5) is 4.39 Å². The standard InChI is InChI=1S/C30H31Cl2FN2O2/c31-26-16-13-23(17-27(26)32)20-35(29(36)19-22-11-14-24(33)15-12-22)28(18-21-7-3-1-4-8-21)30(37)34-25-9-5-2-6-10-25/h1,3-4,7-8,11-17,25,28H,2,5-6,9-10,18-20H2,(H,34,37)/t28-/m0/s1. The van der Waals surface area contributed by atoms with Crippen LogP contribution >= 0.6 is 23.2 Å². The highest BCUT2D eigenvalue weighted by molar-refractivity contribution is 6.42. The van der Waals surface area contributed by atoms with Crippen LogP contribution in [0.2, 0.25) is 10.0 Å². The van der Waals surface area contributed by atoms with Gasteiger partial charge in [0.15, 0.2) is 0 Å². The molecule has 7 heteroatoms. The Kier molecular flexibility index (Phi) is 9.59. The Morgan fingerprint density at radius 3 is 2.22 bits per heavy atom. The van der Waals surface area contributed by atoms with E-state index in [9.17, 15) is 14.0 Å². The number of amides is 2. The summed E-state index contributed by atoms with van der Waals surface area (Å²) in [5.74, 6) is -0.752. The van der Waals surface area contributed by atoms with Gasteiger partial charge in [-0.25, -0.2) is 4.39 Å². The van der Waals surface area contributed by atoms with E-state index < -0.39 is 6.04 Å². The molecule has 3 aromatic carbocycles. The zero-order chi connectivity index (χ0) is 26.2. The van der Waals surface area contributed by atoms with Gasteiger partial charge < -0.3 is 10.2 Å². The van der Waals surface area contributed by atoms with Crippen LogP contribution in [0.1, 0.15) is 48.8 Å². The smallest absolute Gasteiger partial charge is 0.243 e. The van der Waals surface area contributed by atoms with E-state index in [1.807, 2.05) is 36.4 Å². The number of carbonyl (C=O) groups is 2. The topological polar surface area (TPSA) is 49.4 Å². The van der Waals surface area contributed by atoms with Gasteiger partial charge in [0.25, 0.3) is 0 Å². The van der Waals surface area contributed by atoms with Crippen molar-refractivity contribution in [3.05, 3.63) is 105 Å². The molecule has 37 heavy (non-hydrogen) atoms. The number of halogens is 3. The summed E-state index contributed by atoms with van der Waals surface area (Å²) in [6, 6.07) is 20.2. The first-order chi connectivity index (χ1) is 17.9. The maximum atomic E-state index is 13.8. The molecule has 194 valence electrons. The summed E-state index contributed by atoms with van der Waals surface area (Å²) in [7, 11) is 0. The third kappa shape index (κ3) is 7.80. The molecule has 0 aliphatic heterocycles. The van der Waals surface area contributed by atoms with Gasteiger partial charge in [0.2, 0.25) is 11.8 Å². The summed E-state index contributed by atoms with van der Waals surface area (Å²) in [5.41, 5.74) is 2.40. The molecule has 1 aliphatic carbocycles. The summed E-state index contributed by atoms with van der Waals surface area (Å²) in [6.45, 7) is 0.187. The number of hydrogen-bond donors (Lipinski definition) is 1. The Morgan fingerprint density at radius 2 is 1.54 bits per heavy atom. The van der Waals surface area contributed by atoms with E-state index in [4.69, 9.17) is 23.2 Å². The summed E-state index contributed by atoms with van der Waals surface area (Å²) in [6.07, 6.45) is 5.66. The van der Waals surface area contributed by atoms with E-state index in [0.29, 0.717) is 22.0 Å². The van der Waals surface area contributed by atoms with Crippen molar-refractivity contribution in [3.63, 3.8) is 0 Å². The molecule has 0 bridgehead atoms. The molecule has 1 atom stereocenters. The van der Waals surface area contributed by atoms with Crippen LogP contribution in [0.25, 0.3) is 0 Å². The Hall–Kier alpha value is -2.89. The maximum absolute atomic E-state index is 13.8. The van der Waals surface area contributed by atoms with Gasteiger partial charge in [0.1, 0.15) is 11.9 Å². The van der Waals surface area contributed by atoms with Gasteiger partial charge in [0, 0.05) is 19.0 Å². The monoisotopic (exact) mass is 540 g/mol. The number of carbonyl (C=O) groups excluding carboxylic acids is 2. The van der Waals surface area contributed by atoms with E-state index in [1.165, 1.54) is 18.6 Å². The second kappa shape index (κ2) is 13.1. The number of nitrogens with zero attached hydrogens (tertiary/aromatic N) is 1. The quantitative estimate of drug-likeness (QED) is 0.325. The van der Waals surface area contributed by atoms with Crippen LogP contribution in [0.15, 0.2) is 72.8 Å². The van der Waals surface area contributed by atoms with Crippen LogP contribution in [0.5, 0.6) is 0 Å². The molecular weight excluding hydrogens is 510 g/mol. The summed E-state index contributed by atoms with van der Waals surface area (Å²) >= 11 is 12.4. The molecule has 3 aromatic rings. The number of hydrogen-bond acceptors (Lipinski definition) is 2. The Labute approximate surface area is 227 Å². The fraction of sp³-hybridized carbons (Fsp3) is 0.333. The number of benzene rings is 3. The van der Waals surface area contributed by atoms with Gasteiger partial charge in [0.05, 0.1) is 16.5 Å². The van der Waals surface area contributed by atoms with Crippen LogP contribution in [0.3, 0.4) is 0 Å². The third-order valence-corrected chi connectivity index (χ3v) is 7.57. The highest BCUT2D eigenvalue weighted by Crippen LogP contribution is 2.25. The molecule has 0 saturated heterocycles. The molecular formula is C30H31Cl2FN2O2. The molecule has 0 aromatic heterocycles. The zero-order valence-electron chi connectivity index (χ0n) is 20.6. The fourth-order valence-corrected chi connectivity index (χ4v) is 5.13. The SMILES string of the molecule is O=C(NC1CCCCC1)[C@H](Cc1ccccc1)N(Cc1ccc(Cl)c(Cl)c1)C(=O)Cc1ccc(F)cc1. The van der Waals surface area contributed by atoms with Crippen LogP contribution in [-0.4, -0.2) is 28.8 Å². The maximum Gasteiger partial charge on any atom is 0.243 e. The Balaban J connectivity index is 1.66. The molecule has 4 nitrogen and oxygen atoms in total. The van der Waals surface area contributed by atoms with Crippen molar-refractivity contribution in [2.45, 2.75) is 63.6 Å². The summed E-state index contributed by atoms with van der Waals surface area (Å²) < 4.78 is 13.5. The van der Waals surface area contributed by atoms with Crippen molar-refractivity contribution in [1.82, 2.24) is 10.2 Å². The minimum Gasteiger partial charge on any atom is -0.352 e. The second-order valence-corrected chi connectivity index (χ2v) is 10.4. The zero-order valence-corrected chi connectivity index (χ0v) is 22.1. The lowest BCUT2D eigenvalue weighted by Crippen LogP contribution is -2.53. The molecule has 1 fully saturated rings. The third-order valence-electron chi connectivity index (χ3n) is 6.83. The molecule has 2 amide bonds. The van der Waals surface area contributed by atoms with Crippen molar-refractivity contribution >= 4 is 35.0 Å². The predicted octanol–water partition coefficient (Wildman–Crippen LogP) is 6.76. The molecule has 0 spiro atoms. The molecule has 0 radical (unpaired) electrons. The normalized spacial score (nSPS) is 14.7. The van der Waals surface area contributed by atoms with Gasteiger partial charge in [-0.2, -0.15) is 0 Å². The average molecular weight is 541 g/mol. The molecule has 0 heterocycles. The van der Waals surface area contributed by atoms with E-state index in [0.717, 1.165) is 36.8 Å².